The first-order valence-corrected chi connectivity index (χ1v) is 7.85. The second-order valence-corrected chi connectivity index (χ2v) is 6.18. The molecule has 3 aromatic heterocycles. The minimum Gasteiger partial charge on any atom is -0.391 e. The summed E-state index contributed by atoms with van der Waals surface area (Å²) >= 11 is 0. The van der Waals surface area contributed by atoms with E-state index in [-0.39, 0.29) is 12.0 Å². The summed E-state index contributed by atoms with van der Waals surface area (Å²) in [4.78, 5) is 10.6. The lowest BCUT2D eigenvalue weighted by Crippen LogP contribution is -2.21. The topological polar surface area (TPSA) is 66.5 Å². The molecule has 0 saturated carbocycles. The van der Waals surface area contributed by atoms with Gasteiger partial charge in [0.25, 0.3) is 0 Å². The van der Waals surface area contributed by atoms with Gasteiger partial charge < -0.3 is 5.11 Å². The van der Waals surface area contributed by atoms with Crippen LogP contribution in [-0.4, -0.2) is 48.8 Å². The summed E-state index contributed by atoms with van der Waals surface area (Å²) in [5.41, 5.74) is 3.29. The highest BCUT2D eigenvalue weighted by Crippen LogP contribution is 2.23. The van der Waals surface area contributed by atoms with E-state index in [4.69, 9.17) is 0 Å². The zero-order chi connectivity index (χ0) is 15.6. The van der Waals surface area contributed by atoms with Gasteiger partial charge in [0.05, 0.1) is 6.10 Å². The van der Waals surface area contributed by atoms with Gasteiger partial charge in [0, 0.05) is 44.1 Å². The van der Waals surface area contributed by atoms with E-state index in [2.05, 4.69) is 32.1 Å². The molecule has 6 heteroatoms. The van der Waals surface area contributed by atoms with Crippen molar-refractivity contribution in [3.63, 3.8) is 0 Å². The van der Waals surface area contributed by atoms with Crippen LogP contribution in [0.3, 0.4) is 0 Å². The Morgan fingerprint density at radius 1 is 1.13 bits per heavy atom. The maximum Gasteiger partial charge on any atom is 0.155 e. The predicted molar refractivity (Wildman–Crippen MR) is 85.7 cm³/mol. The third-order valence-electron chi connectivity index (χ3n) is 4.48. The van der Waals surface area contributed by atoms with Crippen molar-refractivity contribution in [3.05, 3.63) is 60.3 Å². The van der Waals surface area contributed by atoms with Gasteiger partial charge in [-0.2, -0.15) is 5.10 Å². The molecular weight excluding hydrogens is 290 g/mol. The molecule has 1 aliphatic rings. The van der Waals surface area contributed by atoms with Crippen LogP contribution >= 0.6 is 0 Å². The smallest absolute Gasteiger partial charge is 0.155 e. The zero-order valence-electron chi connectivity index (χ0n) is 12.8. The van der Waals surface area contributed by atoms with Gasteiger partial charge in [-0.1, -0.05) is 0 Å². The van der Waals surface area contributed by atoms with E-state index < -0.39 is 0 Å². The number of nitrogens with zero attached hydrogens (tertiary/aromatic N) is 5. The van der Waals surface area contributed by atoms with Gasteiger partial charge in [-0.15, -0.1) is 0 Å². The molecule has 0 amide bonds. The molecule has 0 radical (unpaired) electrons. The Kier molecular flexibility index (Phi) is 3.77. The predicted octanol–water partition coefficient (Wildman–Crippen LogP) is 1.16. The molecule has 1 saturated heterocycles. The van der Waals surface area contributed by atoms with E-state index in [1.54, 1.807) is 10.8 Å². The molecule has 4 heterocycles. The maximum atomic E-state index is 10.4. The quantitative estimate of drug-likeness (QED) is 0.783. The van der Waals surface area contributed by atoms with Crippen LogP contribution in [0.5, 0.6) is 0 Å². The summed E-state index contributed by atoms with van der Waals surface area (Å²) in [6.45, 7) is 2.45. The van der Waals surface area contributed by atoms with Gasteiger partial charge in [0.2, 0.25) is 0 Å². The van der Waals surface area contributed by atoms with Crippen molar-refractivity contribution in [3.8, 4) is 0 Å². The van der Waals surface area contributed by atoms with E-state index >= 15 is 0 Å². The van der Waals surface area contributed by atoms with Gasteiger partial charge in [0.15, 0.2) is 5.65 Å². The fourth-order valence-electron chi connectivity index (χ4n) is 3.31. The summed E-state index contributed by atoms with van der Waals surface area (Å²) in [7, 11) is 0. The van der Waals surface area contributed by atoms with Crippen molar-refractivity contribution in [2.24, 2.45) is 5.92 Å². The highest BCUT2D eigenvalue weighted by Gasteiger charge is 2.31. The fraction of sp³-hybridized carbons (Fsp3) is 0.353. The number of aliphatic hydroxyl groups excluding tert-OH is 1. The van der Waals surface area contributed by atoms with Crippen LogP contribution in [0.25, 0.3) is 5.65 Å². The number of β-amino-alcohol motifs (C(OH)–C–C–N with tert-alkyl or cyclic N) is 1. The number of pyridine rings is 2. The first-order valence-electron chi connectivity index (χ1n) is 7.85. The molecular formula is C17H19N5O. The van der Waals surface area contributed by atoms with Crippen LogP contribution in [0.1, 0.15) is 11.1 Å². The van der Waals surface area contributed by atoms with Crippen molar-refractivity contribution in [1.29, 1.82) is 0 Å². The zero-order valence-corrected chi connectivity index (χ0v) is 12.8. The molecule has 118 valence electrons. The molecule has 0 aliphatic carbocycles. The van der Waals surface area contributed by atoms with Crippen LogP contribution in [0.4, 0.5) is 0 Å². The van der Waals surface area contributed by atoms with Gasteiger partial charge >= 0.3 is 0 Å². The van der Waals surface area contributed by atoms with E-state index in [0.717, 1.165) is 25.2 Å². The lowest BCUT2D eigenvalue weighted by atomic mass is 9.97. The molecule has 23 heavy (non-hydrogen) atoms. The van der Waals surface area contributed by atoms with Gasteiger partial charge in [-0.3, -0.25) is 9.88 Å². The van der Waals surface area contributed by atoms with Crippen molar-refractivity contribution in [2.75, 3.05) is 13.1 Å². The van der Waals surface area contributed by atoms with Crippen LogP contribution in [0, 0.1) is 5.92 Å². The molecule has 0 bridgehead atoms. The average Bonchev–Trinajstić information content (AvgIpc) is 3.15. The minimum absolute atomic E-state index is 0.272. The second-order valence-electron chi connectivity index (χ2n) is 6.18. The molecule has 2 atom stereocenters. The van der Waals surface area contributed by atoms with Crippen LogP contribution in [0.15, 0.2) is 49.2 Å². The molecule has 3 aromatic rings. The summed E-state index contributed by atoms with van der Waals surface area (Å²) < 4.78 is 1.76. The largest absolute Gasteiger partial charge is 0.391 e. The molecule has 4 rings (SSSR count). The van der Waals surface area contributed by atoms with E-state index in [9.17, 15) is 5.11 Å². The summed E-state index contributed by atoms with van der Waals surface area (Å²) in [5, 5.41) is 14.5. The monoisotopic (exact) mass is 309 g/mol. The summed E-state index contributed by atoms with van der Waals surface area (Å²) in [6.07, 6.45) is 7.72. The molecule has 0 spiro atoms. The van der Waals surface area contributed by atoms with Gasteiger partial charge in [-0.25, -0.2) is 9.50 Å². The van der Waals surface area contributed by atoms with Crippen LogP contribution < -0.4 is 0 Å². The number of aromatic nitrogens is 4. The van der Waals surface area contributed by atoms with Crippen molar-refractivity contribution in [2.45, 2.75) is 19.1 Å². The number of aliphatic hydroxyl groups is 1. The second kappa shape index (κ2) is 6.06. The first-order chi connectivity index (χ1) is 11.3. The molecule has 6 nitrogen and oxygen atoms in total. The van der Waals surface area contributed by atoms with E-state index in [1.807, 2.05) is 30.7 Å². The molecule has 0 unspecified atom stereocenters. The van der Waals surface area contributed by atoms with Crippen LogP contribution in [0.2, 0.25) is 0 Å². The number of likely N-dealkylation sites (tertiary alicyclic amines) is 1. The molecule has 0 aromatic carbocycles. The summed E-state index contributed by atoms with van der Waals surface area (Å²) in [5.74, 6) is 0.272. The standard InChI is InChI=1S/C17H19N5O/c23-16-11-21(10-15(16)7-13-1-4-18-5-2-13)9-14-3-6-22-17(8-14)19-12-20-22/h1-6,8,12,15-16,23H,7,9-11H2/t15-,16+/m1/s1. The Morgan fingerprint density at radius 2 is 2.00 bits per heavy atom. The normalized spacial score (nSPS) is 22.0. The van der Waals surface area contributed by atoms with E-state index in [1.165, 1.54) is 11.1 Å². The Labute approximate surface area is 134 Å². The Hall–Kier alpha value is -2.31. The SMILES string of the molecule is O[C@H]1CN(Cc2ccn3ncnc3c2)C[C@H]1Cc1ccncc1. The third-order valence-corrected chi connectivity index (χ3v) is 4.48. The minimum atomic E-state index is -0.278. The first kappa shape index (κ1) is 14.3. The highest BCUT2D eigenvalue weighted by atomic mass is 16.3. The van der Waals surface area contributed by atoms with Crippen LogP contribution in [-0.2, 0) is 13.0 Å². The highest BCUT2D eigenvalue weighted by molar-refractivity contribution is 5.39. The molecule has 1 N–H and O–H groups in total. The maximum absolute atomic E-state index is 10.4. The number of fused-ring (bicyclic) bond motifs is 1. The van der Waals surface area contributed by atoms with Crippen molar-refractivity contribution < 1.29 is 5.11 Å². The van der Waals surface area contributed by atoms with Gasteiger partial charge in [-0.05, 0) is 41.8 Å². The third kappa shape index (κ3) is 3.09. The van der Waals surface area contributed by atoms with Gasteiger partial charge in [0.1, 0.15) is 6.33 Å². The lowest BCUT2D eigenvalue weighted by Gasteiger charge is -2.15. The van der Waals surface area contributed by atoms with E-state index in [0.29, 0.717) is 6.54 Å². The molecule has 1 aliphatic heterocycles. The number of rotatable bonds is 4. The van der Waals surface area contributed by atoms with Crippen molar-refractivity contribution >= 4 is 5.65 Å². The Balaban J connectivity index is 1.42. The van der Waals surface area contributed by atoms with Crippen molar-refractivity contribution in [1.82, 2.24) is 24.5 Å². The molecule has 1 fully saturated rings. The number of hydrogen-bond donors (Lipinski definition) is 1. The Morgan fingerprint density at radius 3 is 2.87 bits per heavy atom. The Bertz CT molecular complexity index is 788. The fourth-order valence-corrected chi connectivity index (χ4v) is 3.31. The number of hydrogen-bond acceptors (Lipinski definition) is 5. The lowest BCUT2D eigenvalue weighted by molar-refractivity contribution is 0.141. The summed E-state index contributed by atoms with van der Waals surface area (Å²) in [6, 6.07) is 8.16. The average molecular weight is 309 g/mol.